The zero-order valence-electron chi connectivity index (χ0n) is 16.5. The summed E-state index contributed by atoms with van der Waals surface area (Å²) in [4.78, 5) is 2.13. The highest BCUT2D eigenvalue weighted by Gasteiger charge is 2.41. The third-order valence-corrected chi connectivity index (χ3v) is 5.37. The van der Waals surface area contributed by atoms with Crippen LogP contribution in [0.3, 0.4) is 0 Å². The normalized spacial score (nSPS) is 14.4. The van der Waals surface area contributed by atoms with Crippen LogP contribution in [-0.4, -0.2) is 6.71 Å². The van der Waals surface area contributed by atoms with Gasteiger partial charge < -0.3 is 9.64 Å². The Morgan fingerprint density at radius 1 is 0.667 bits per heavy atom. The van der Waals surface area contributed by atoms with E-state index in [-0.39, 0.29) is 12.8 Å². The molecule has 0 amide bonds. The van der Waals surface area contributed by atoms with Crippen LogP contribution in [0.2, 0.25) is 0 Å². The number of ether oxygens (including phenoxy) is 1. The SMILES string of the molecule is [2H]c1cc([2H])c2c3c1Oc1ccccc1B3c1ccccc1N2c1ccccc1. The van der Waals surface area contributed by atoms with Gasteiger partial charge in [-0.05, 0) is 52.7 Å². The van der Waals surface area contributed by atoms with Crippen LogP contribution in [0.15, 0.2) is 97.0 Å². The number of para-hydroxylation sites is 3. The molecule has 4 aromatic carbocycles. The summed E-state index contributed by atoms with van der Waals surface area (Å²) in [7, 11) is 0. The lowest BCUT2D eigenvalue weighted by Crippen LogP contribution is -2.59. The summed E-state index contributed by atoms with van der Waals surface area (Å²) in [6, 6.07) is 28.6. The van der Waals surface area contributed by atoms with Crippen LogP contribution < -0.4 is 26.0 Å². The van der Waals surface area contributed by atoms with Gasteiger partial charge in [-0.2, -0.15) is 0 Å². The second kappa shape index (κ2) is 5.52. The van der Waals surface area contributed by atoms with Gasteiger partial charge in [-0.3, -0.25) is 0 Å². The van der Waals surface area contributed by atoms with Gasteiger partial charge in [0.25, 0.3) is 6.71 Å². The molecule has 2 nitrogen and oxygen atoms in total. The molecule has 6 rings (SSSR count). The molecule has 0 atom stereocenters. The number of nitrogens with zero attached hydrogens (tertiary/aromatic N) is 1. The largest absolute Gasteiger partial charge is 0.458 e. The lowest BCUT2D eigenvalue weighted by molar-refractivity contribution is 0.487. The highest BCUT2D eigenvalue weighted by Crippen LogP contribution is 2.39. The number of benzene rings is 4. The van der Waals surface area contributed by atoms with E-state index in [4.69, 9.17) is 7.48 Å². The van der Waals surface area contributed by atoms with E-state index < -0.39 is 0 Å². The van der Waals surface area contributed by atoms with Gasteiger partial charge in [0.05, 0.1) is 2.74 Å². The van der Waals surface area contributed by atoms with E-state index in [0.29, 0.717) is 11.8 Å². The molecule has 0 radical (unpaired) electrons. The molecule has 4 aromatic rings. The Morgan fingerprint density at radius 3 is 2.30 bits per heavy atom. The maximum atomic E-state index is 8.76. The Balaban J connectivity index is 1.75. The number of rotatable bonds is 1. The van der Waals surface area contributed by atoms with Crippen LogP contribution >= 0.6 is 0 Å². The fourth-order valence-electron chi connectivity index (χ4n) is 4.27. The van der Waals surface area contributed by atoms with Crippen LogP contribution in [0.25, 0.3) is 0 Å². The van der Waals surface area contributed by atoms with Gasteiger partial charge in [0, 0.05) is 17.1 Å². The van der Waals surface area contributed by atoms with Crippen molar-refractivity contribution in [2.24, 2.45) is 0 Å². The van der Waals surface area contributed by atoms with Crippen molar-refractivity contribution in [2.75, 3.05) is 4.90 Å². The van der Waals surface area contributed by atoms with Gasteiger partial charge in [-0.1, -0.05) is 60.7 Å². The summed E-state index contributed by atoms with van der Waals surface area (Å²) >= 11 is 0. The van der Waals surface area contributed by atoms with Crippen molar-refractivity contribution in [1.29, 1.82) is 0 Å². The van der Waals surface area contributed by atoms with Crippen molar-refractivity contribution in [3.8, 4) is 11.5 Å². The van der Waals surface area contributed by atoms with Crippen molar-refractivity contribution in [3.05, 3.63) is 97.0 Å². The lowest BCUT2D eigenvalue weighted by atomic mass is 9.34. The van der Waals surface area contributed by atoms with E-state index >= 15 is 0 Å². The molecule has 2 aliphatic rings. The monoisotopic (exact) mass is 347 g/mol. The quantitative estimate of drug-likeness (QED) is 0.416. The van der Waals surface area contributed by atoms with Crippen molar-refractivity contribution < 1.29 is 7.48 Å². The molecule has 0 saturated carbocycles. The van der Waals surface area contributed by atoms with Gasteiger partial charge in [-0.15, -0.1) is 0 Å². The molecule has 0 aromatic heterocycles. The van der Waals surface area contributed by atoms with E-state index in [1.807, 2.05) is 42.5 Å². The third-order valence-electron chi connectivity index (χ3n) is 5.37. The van der Waals surface area contributed by atoms with E-state index in [9.17, 15) is 0 Å². The zero-order chi connectivity index (χ0) is 19.5. The second-order valence-electron chi connectivity index (χ2n) is 6.83. The first kappa shape index (κ1) is 12.8. The molecule has 0 aliphatic carbocycles. The first-order valence-electron chi connectivity index (χ1n) is 10.1. The molecule has 0 fully saturated rings. The first-order valence-corrected chi connectivity index (χ1v) is 9.09. The highest BCUT2D eigenvalue weighted by molar-refractivity contribution is 6.99. The molecule has 0 spiro atoms. The van der Waals surface area contributed by atoms with Crippen LogP contribution in [0.5, 0.6) is 11.5 Å². The predicted molar refractivity (Wildman–Crippen MR) is 112 cm³/mol. The average molecular weight is 347 g/mol. The van der Waals surface area contributed by atoms with E-state index in [0.717, 1.165) is 39.2 Å². The summed E-state index contributed by atoms with van der Waals surface area (Å²) in [5.41, 5.74) is 5.98. The van der Waals surface area contributed by atoms with Crippen molar-refractivity contribution in [1.82, 2.24) is 0 Å². The minimum absolute atomic E-state index is 0.0597. The van der Waals surface area contributed by atoms with Crippen LogP contribution in [0.1, 0.15) is 2.74 Å². The number of anilines is 3. The van der Waals surface area contributed by atoms with Crippen LogP contribution in [0.4, 0.5) is 17.1 Å². The maximum absolute atomic E-state index is 8.76. The molecule has 2 heterocycles. The molecule has 0 bridgehead atoms. The average Bonchev–Trinajstić information content (AvgIpc) is 2.77. The Labute approximate surface area is 161 Å². The molecule has 0 unspecified atom stereocenters. The van der Waals surface area contributed by atoms with Crippen molar-refractivity contribution in [2.45, 2.75) is 0 Å². The Morgan fingerprint density at radius 2 is 1.41 bits per heavy atom. The number of hydrogen-bond acceptors (Lipinski definition) is 2. The lowest BCUT2D eigenvalue weighted by Gasteiger charge is -2.39. The summed E-state index contributed by atoms with van der Waals surface area (Å²) in [5.74, 6) is 1.33. The summed E-state index contributed by atoms with van der Waals surface area (Å²) in [5, 5.41) is 0. The molecule has 3 heteroatoms. The fraction of sp³-hybridized carbons (Fsp3) is 0. The summed E-state index contributed by atoms with van der Waals surface area (Å²) in [6.07, 6.45) is 0. The molecule has 0 saturated heterocycles. The van der Waals surface area contributed by atoms with Crippen molar-refractivity contribution in [3.63, 3.8) is 0 Å². The minimum Gasteiger partial charge on any atom is -0.458 e. The van der Waals surface area contributed by atoms with E-state index in [1.165, 1.54) is 0 Å². The van der Waals surface area contributed by atoms with Gasteiger partial charge in [0.15, 0.2) is 0 Å². The van der Waals surface area contributed by atoms with Crippen LogP contribution in [-0.2, 0) is 0 Å². The zero-order valence-corrected chi connectivity index (χ0v) is 14.5. The van der Waals surface area contributed by atoms with Gasteiger partial charge in [-0.25, -0.2) is 0 Å². The maximum Gasteiger partial charge on any atom is 0.256 e. The molecular weight excluding hydrogens is 329 g/mol. The standard InChI is InChI=1S/C24H16BNO/c1-2-9-17(10-3-1)26-20-13-6-4-11-18(20)25-19-12-5-7-15-22(19)27-23-16-8-14-21(26)24(23)25/h1-16H/i14D,16D. The number of fused-ring (bicyclic) bond motifs is 4. The van der Waals surface area contributed by atoms with Gasteiger partial charge in [0.2, 0.25) is 0 Å². The van der Waals surface area contributed by atoms with Crippen LogP contribution in [0, 0.1) is 0 Å². The van der Waals surface area contributed by atoms with Gasteiger partial charge in [0.1, 0.15) is 11.5 Å². The Kier molecular flexibility index (Phi) is 2.62. The minimum atomic E-state index is -0.0597. The Hall–Kier alpha value is -3.46. The molecule has 27 heavy (non-hydrogen) atoms. The number of hydrogen-bond donors (Lipinski definition) is 0. The summed E-state index contributed by atoms with van der Waals surface area (Å²) < 4.78 is 23.5. The van der Waals surface area contributed by atoms with E-state index in [2.05, 4.69) is 41.3 Å². The van der Waals surface area contributed by atoms with Crippen molar-refractivity contribution >= 4 is 40.2 Å². The Bertz CT molecular complexity index is 1280. The van der Waals surface area contributed by atoms with E-state index in [1.54, 1.807) is 6.07 Å². The molecule has 0 N–H and O–H groups in total. The predicted octanol–water partition coefficient (Wildman–Crippen LogP) is 4.09. The third kappa shape index (κ3) is 2.03. The first-order chi connectivity index (χ1) is 14.2. The molecule has 2 aliphatic heterocycles. The highest BCUT2D eigenvalue weighted by atomic mass is 16.5. The van der Waals surface area contributed by atoms with Gasteiger partial charge >= 0.3 is 0 Å². The molecular formula is C24H16BNO. The topological polar surface area (TPSA) is 12.5 Å². The smallest absolute Gasteiger partial charge is 0.256 e. The molecule has 126 valence electrons. The second-order valence-corrected chi connectivity index (χ2v) is 6.83. The summed E-state index contributed by atoms with van der Waals surface area (Å²) in [6.45, 7) is -0.0597. The fourth-order valence-corrected chi connectivity index (χ4v) is 4.27.